The Hall–Kier alpha value is -3.33. The average Bonchev–Trinajstić information content (AvgIpc) is 2.99. The average molecular weight is 386 g/mol. The van der Waals surface area contributed by atoms with E-state index in [0.717, 1.165) is 5.56 Å². The highest BCUT2D eigenvalue weighted by atomic mass is 32.2. The quantitative estimate of drug-likeness (QED) is 0.647. The second-order valence-corrected chi connectivity index (χ2v) is 7.52. The highest BCUT2D eigenvalue weighted by Crippen LogP contribution is 2.29. The third kappa shape index (κ3) is 3.49. The van der Waals surface area contributed by atoms with Gasteiger partial charge < -0.3 is 15.8 Å². The first-order valence-electron chi connectivity index (χ1n) is 7.95. The van der Waals surface area contributed by atoms with Crippen molar-refractivity contribution >= 4 is 33.3 Å². The molecule has 140 valence electrons. The summed E-state index contributed by atoms with van der Waals surface area (Å²) in [6, 6.07) is 15.1. The molecule has 0 bridgehead atoms. The minimum Gasteiger partial charge on any atom is -0.465 e. The molecule has 9 heteroatoms. The first kappa shape index (κ1) is 18.5. The molecular formula is C18H18N4O4S. The molecule has 0 saturated carbocycles. The molecule has 8 nitrogen and oxygen atoms in total. The summed E-state index contributed by atoms with van der Waals surface area (Å²) < 4.78 is 31.2. The third-order valence-electron chi connectivity index (χ3n) is 3.86. The largest absolute Gasteiger partial charge is 0.465 e. The number of para-hydroxylation sites is 1. The van der Waals surface area contributed by atoms with Crippen LogP contribution in [0, 0.1) is 6.92 Å². The molecule has 3 rings (SSSR count). The van der Waals surface area contributed by atoms with E-state index >= 15 is 0 Å². The number of methoxy groups -OCH3 is 1. The summed E-state index contributed by atoms with van der Waals surface area (Å²) >= 11 is 0. The van der Waals surface area contributed by atoms with Gasteiger partial charge in [0.05, 0.1) is 12.0 Å². The van der Waals surface area contributed by atoms with Crippen LogP contribution in [-0.4, -0.2) is 30.7 Å². The lowest BCUT2D eigenvalue weighted by molar-refractivity contribution is 0.0603. The number of hydrogen-bond donors (Lipinski definition) is 2. The van der Waals surface area contributed by atoms with Crippen LogP contribution in [0.15, 0.2) is 59.5 Å². The summed E-state index contributed by atoms with van der Waals surface area (Å²) in [5, 5.41) is 6.94. The van der Waals surface area contributed by atoms with Gasteiger partial charge in [-0.15, -0.1) is 9.19 Å². The number of aryl methyl sites for hydroxylation is 1. The lowest BCUT2D eigenvalue weighted by Crippen LogP contribution is -2.17. The van der Waals surface area contributed by atoms with Crippen LogP contribution < -0.4 is 11.1 Å². The molecule has 27 heavy (non-hydrogen) atoms. The fraction of sp³-hybridized carbons (Fsp3) is 0.111. The van der Waals surface area contributed by atoms with Gasteiger partial charge >= 0.3 is 5.97 Å². The van der Waals surface area contributed by atoms with Gasteiger partial charge in [-0.25, -0.2) is 4.79 Å². The molecule has 0 spiro atoms. The SMILES string of the molecule is COC(=O)c1c(Nc2ccccc2)nn(S(=O)(=O)c2ccc(C)cc2)c1N. The fourth-order valence-electron chi connectivity index (χ4n) is 2.45. The van der Waals surface area contributed by atoms with E-state index in [1.807, 2.05) is 13.0 Å². The molecule has 2 aromatic carbocycles. The maximum absolute atomic E-state index is 12.9. The predicted octanol–water partition coefficient (Wildman–Crippen LogP) is 2.54. The van der Waals surface area contributed by atoms with Gasteiger partial charge in [0.1, 0.15) is 5.56 Å². The summed E-state index contributed by atoms with van der Waals surface area (Å²) in [5.74, 6) is -1.14. The lowest BCUT2D eigenvalue weighted by atomic mass is 10.2. The second kappa shape index (κ2) is 7.12. The monoisotopic (exact) mass is 386 g/mol. The minimum absolute atomic E-state index is 0.00461. The molecule has 0 amide bonds. The number of carbonyl (C=O) groups excluding carboxylic acids is 1. The Morgan fingerprint density at radius 3 is 2.33 bits per heavy atom. The van der Waals surface area contributed by atoms with E-state index < -0.39 is 16.0 Å². The zero-order chi connectivity index (χ0) is 19.6. The van der Waals surface area contributed by atoms with E-state index in [4.69, 9.17) is 10.5 Å². The molecule has 0 atom stereocenters. The summed E-state index contributed by atoms with van der Waals surface area (Å²) in [6.45, 7) is 1.84. The van der Waals surface area contributed by atoms with Gasteiger partial charge in [-0.2, -0.15) is 8.42 Å². The molecule has 0 aliphatic heterocycles. The number of esters is 1. The van der Waals surface area contributed by atoms with Crippen LogP contribution in [0.25, 0.3) is 0 Å². The zero-order valence-electron chi connectivity index (χ0n) is 14.7. The molecule has 0 aliphatic carbocycles. The Morgan fingerprint density at radius 2 is 1.74 bits per heavy atom. The van der Waals surface area contributed by atoms with Gasteiger partial charge in [0.25, 0.3) is 10.0 Å². The summed E-state index contributed by atoms with van der Waals surface area (Å²) in [5.41, 5.74) is 7.33. The number of aromatic nitrogens is 2. The van der Waals surface area contributed by atoms with Crippen LogP contribution in [0.3, 0.4) is 0 Å². The maximum Gasteiger partial charge on any atom is 0.345 e. The van der Waals surface area contributed by atoms with Gasteiger partial charge in [-0.05, 0) is 31.2 Å². The van der Waals surface area contributed by atoms with Gasteiger partial charge in [-0.3, -0.25) is 0 Å². The normalized spacial score (nSPS) is 11.2. The second-order valence-electron chi connectivity index (χ2n) is 5.75. The maximum atomic E-state index is 12.9. The van der Waals surface area contributed by atoms with Gasteiger partial charge in [0, 0.05) is 5.69 Å². The molecular weight excluding hydrogens is 368 g/mol. The number of nitrogens with zero attached hydrogens (tertiary/aromatic N) is 2. The first-order chi connectivity index (χ1) is 12.8. The van der Waals surface area contributed by atoms with Crippen LogP contribution in [0.2, 0.25) is 0 Å². The number of nitrogen functional groups attached to an aromatic ring is 1. The van der Waals surface area contributed by atoms with E-state index in [2.05, 4.69) is 10.4 Å². The smallest absolute Gasteiger partial charge is 0.345 e. The summed E-state index contributed by atoms with van der Waals surface area (Å²) in [4.78, 5) is 12.2. The Morgan fingerprint density at radius 1 is 1.11 bits per heavy atom. The van der Waals surface area contributed by atoms with Gasteiger partial charge in [0.15, 0.2) is 11.6 Å². The number of hydrogen-bond acceptors (Lipinski definition) is 7. The van der Waals surface area contributed by atoms with Crippen molar-refractivity contribution in [3.8, 4) is 0 Å². The summed E-state index contributed by atoms with van der Waals surface area (Å²) in [7, 11) is -2.91. The molecule has 1 heterocycles. The van der Waals surface area contributed by atoms with Gasteiger partial charge in [-0.1, -0.05) is 35.9 Å². The van der Waals surface area contributed by atoms with Crippen LogP contribution in [-0.2, 0) is 14.8 Å². The van der Waals surface area contributed by atoms with E-state index in [1.165, 1.54) is 19.2 Å². The zero-order valence-corrected chi connectivity index (χ0v) is 15.5. The number of nitrogens with two attached hydrogens (primary N) is 1. The van der Waals surface area contributed by atoms with Crippen molar-refractivity contribution in [2.45, 2.75) is 11.8 Å². The predicted molar refractivity (Wildman–Crippen MR) is 101 cm³/mol. The molecule has 1 aromatic heterocycles. The highest BCUT2D eigenvalue weighted by Gasteiger charge is 2.29. The third-order valence-corrected chi connectivity index (χ3v) is 5.46. The topological polar surface area (TPSA) is 116 Å². The van der Waals surface area contributed by atoms with Crippen molar-refractivity contribution in [3.63, 3.8) is 0 Å². The van der Waals surface area contributed by atoms with Crippen LogP contribution in [0.1, 0.15) is 15.9 Å². The van der Waals surface area contributed by atoms with Crippen LogP contribution >= 0.6 is 0 Å². The van der Waals surface area contributed by atoms with Crippen LogP contribution in [0.4, 0.5) is 17.3 Å². The van der Waals surface area contributed by atoms with E-state index in [0.29, 0.717) is 9.77 Å². The summed E-state index contributed by atoms with van der Waals surface area (Å²) in [6.07, 6.45) is 0. The fourth-order valence-corrected chi connectivity index (χ4v) is 3.67. The number of anilines is 3. The molecule has 0 unspecified atom stereocenters. The number of rotatable bonds is 5. The van der Waals surface area contributed by atoms with E-state index in [9.17, 15) is 13.2 Å². The van der Waals surface area contributed by atoms with E-state index in [1.54, 1.807) is 36.4 Å². The van der Waals surface area contributed by atoms with Crippen molar-refractivity contribution in [2.75, 3.05) is 18.2 Å². The molecule has 0 radical (unpaired) electrons. The van der Waals surface area contributed by atoms with Crippen molar-refractivity contribution in [3.05, 3.63) is 65.7 Å². The number of benzene rings is 2. The Labute approximate surface area is 156 Å². The number of carbonyl (C=O) groups is 1. The standard InChI is InChI=1S/C18H18N4O4S/c1-12-8-10-14(11-9-12)27(24,25)22-16(19)15(18(23)26-2)17(21-22)20-13-6-4-3-5-7-13/h3-11H,19H2,1-2H3,(H,20,21). The molecule has 3 N–H and O–H groups in total. The van der Waals surface area contributed by atoms with Crippen molar-refractivity contribution < 1.29 is 17.9 Å². The van der Waals surface area contributed by atoms with Gasteiger partial charge in [0.2, 0.25) is 0 Å². The highest BCUT2D eigenvalue weighted by molar-refractivity contribution is 7.90. The molecule has 0 saturated heterocycles. The molecule has 3 aromatic rings. The minimum atomic E-state index is -4.09. The Bertz CT molecular complexity index is 1070. The van der Waals surface area contributed by atoms with E-state index in [-0.39, 0.29) is 22.1 Å². The lowest BCUT2D eigenvalue weighted by Gasteiger charge is -2.06. The molecule has 0 fully saturated rings. The number of nitrogens with one attached hydrogen (secondary N) is 1. The number of ether oxygens (including phenoxy) is 1. The molecule has 0 aliphatic rings. The van der Waals surface area contributed by atoms with Crippen LogP contribution in [0.5, 0.6) is 0 Å². The van der Waals surface area contributed by atoms with Crippen molar-refractivity contribution in [1.82, 2.24) is 9.19 Å². The van der Waals surface area contributed by atoms with Crippen molar-refractivity contribution in [2.24, 2.45) is 0 Å². The first-order valence-corrected chi connectivity index (χ1v) is 9.39. The Balaban J connectivity index is 2.14. The van der Waals surface area contributed by atoms with Crippen molar-refractivity contribution in [1.29, 1.82) is 0 Å². The Kier molecular flexibility index (Phi) is 4.87.